The van der Waals surface area contributed by atoms with Gasteiger partial charge < -0.3 is 15.4 Å². The van der Waals surface area contributed by atoms with Crippen molar-refractivity contribution in [2.45, 2.75) is 12.2 Å². The molecule has 8 nitrogen and oxygen atoms in total. The summed E-state index contributed by atoms with van der Waals surface area (Å²) in [4.78, 5) is 25.9. The number of nitrogens with zero attached hydrogens (tertiary/aromatic N) is 5. The summed E-state index contributed by atoms with van der Waals surface area (Å²) in [5, 5.41) is 0. The topological polar surface area (TPSA) is 98.6 Å². The van der Waals surface area contributed by atoms with Crippen LogP contribution in [0.2, 0.25) is 0 Å². The molecule has 0 saturated heterocycles. The largest absolute Gasteiger partial charge is 0.491 e. The molecule has 4 aromatic rings. The van der Waals surface area contributed by atoms with Crippen LogP contribution < -0.4 is 10.5 Å². The maximum atomic E-state index is 14.8. The number of carbonyl (C=O) groups excluding carboxylic acids is 1. The number of nitrogen functional groups attached to an aromatic ring is 1. The molecule has 4 heterocycles. The van der Waals surface area contributed by atoms with E-state index >= 15 is 0 Å². The molecule has 1 atom stereocenters. The van der Waals surface area contributed by atoms with Crippen molar-refractivity contribution in [3.8, 4) is 5.75 Å². The first-order valence-corrected chi connectivity index (χ1v) is 9.10. The second kappa shape index (κ2) is 6.77. The van der Waals surface area contributed by atoms with Crippen LogP contribution in [0.25, 0.3) is 16.6 Å². The predicted molar refractivity (Wildman–Crippen MR) is 104 cm³/mol. The maximum absolute atomic E-state index is 14.8. The van der Waals surface area contributed by atoms with Crippen LogP contribution in [0.4, 0.5) is 23.4 Å². The monoisotopic (exact) mass is 449 g/mol. The molecule has 0 spiro atoms. The molecular formula is C20H14F4N6O2. The summed E-state index contributed by atoms with van der Waals surface area (Å²) in [5.74, 6) is -2.78. The SMILES string of the molecule is [2H]C([2H])([2H])N(C(=O)c1cc2c(cn1)nc(N)c1cncn12)[C@H]1COc2cc(C(F)(F)F)cc(F)c21. The molecular weight excluding hydrogens is 432 g/mol. The zero-order chi connectivity index (χ0) is 25.3. The minimum absolute atomic E-state index is 0.161. The number of anilines is 1. The van der Waals surface area contributed by atoms with E-state index in [1.165, 1.54) is 29.2 Å². The van der Waals surface area contributed by atoms with Gasteiger partial charge in [0.1, 0.15) is 40.7 Å². The number of pyridine rings is 1. The van der Waals surface area contributed by atoms with Crippen molar-refractivity contribution in [1.29, 1.82) is 0 Å². The van der Waals surface area contributed by atoms with E-state index in [9.17, 15) is 22.4 Å². The quantitative estimate of drug-likeness (QED) is 0.472. The van der Waals surface area contributed by atoms with E-state index in [1.54, 1.807) is 0 Å². The van der Waals surface area contributed by atoms with E-state index in [4.69, 9.17) is 14.6 Å². The summed E-state index contributed by atoms with van der Waals surface area (Å²) in [5.41, 5.74) is 4.88. The zero-order valence-corrected chi connectivity index (χ0v) is 15.9. The fourth-order valence-electron chi connectivity index (χ4n) is 3.62. The highest BCUT2D eigenvalue weighted by atomic mass is 19.4. The number of amides is 1. The van der Waals surface area contributed by atoms with Gasteiger partial charge in [-0.25, -0.2) is 19.3 Å². The number of carbonyl (C=O) groups is 1. The molecule has 12 heteroatoms. The summed E-state index contributed by atoms with van der Waals surface area (Å²) in [6.07, 6.45) is -0.767. The highest BCUT2D eigenvalue weighted by Crippen LogP contribution is 2.42. The van der Waals surface area contributed by atoms with Crippen LogP contribution in [0.1, 0.15) is 31.8 Å². The van der Waals surface area contributed by atoms with Gasteiger partial charge in [-0.15, -0.1) is 0 Å². The highest BCUT2D eigenvalue weighted by molar-refractivity contribution is 5.96. The van der Waals surface area contributed by atoms with Gasteiger partial charge in [0.05, 0.1) is 41.4 Å². The Hall–Kier alpha value is -3.96. The van der Waals surface area contributed by atoms with Crippen LogP contribution in [0.15, 0.2) is 36.9 Å². The van der Waals surface area contributed by atoms with Gasteiger partial charge in [-0.05, 0) is 18.2 Å². The van der Waals surface area contributed by atoms with Gasteiger partial charge in [-0.3, -0.25) is 9.20 Å². The average Bonchev–Trinajstić information content (AvgIpc) is 3.40. The number of hydrogen-bond acceptors (Lipinski definition) is 6. The Labute approximate surface area is 181 Å². The van der Waals surface area contributed by atoms with Crippen molar-refractivity contribution < 1.29 is 31.2 Å². The highest BCUT2D eigenvalue weighted by Gasteiger charge is 2.38. The Kier molecular flexibility index (Phi) is 3.53. The number of rotatable bonds is 2. The molecule has 164 valence electrons. The number of imidazole rings is 1. The molecule has 32 heavy (non-hydrogen) atoms. The Morgan fingerprint density at radius 2 is 2.12 bits per heavy atom. The van der Waals surface area contributed by atoms with Crippen molar-refractivity contribution in [1.82, 2.24) is 24.3 Å². The first-order chi connectivity index (χ1) is 16.4. The van der Waals surface area contributed by atoms with Gasteiger partial charge in [0, 0.05) is 11.1 Å². The number of fused-ring (bicyclic) bond motifs is 4. The van der Waals surface area contributed by atoms with Crippen LogP contribution in [0.5, 0.6) is 5.75 Å². The lowest BCUT2D eigenvalue weighted by Gasteiger charge is -2.23. The molecule has 1 amide bonds. The van der Waals surface area contributed by atoms with Crippen molar-refractivity contribution in [3.05, 3.63) is 59.6 Å². The molecule has 0 aliphatic carbocycles. The second-order valence-electron chi connectivity index (χ2n) is 7.07. The van der Waals surface area contributed by atoms with E-state index in [0.717, 1.165) is 0 Å². The Bertz CT molecular complexity index is 1500. The van der Waals surface area contributed by atoms with Crippen molar-refractivity contribution >= 4 is 28.3 Å². The van der Waals surface area contributed by atoms with Gasteiger partial charge in [0.2, 0.25) is 0 Å². The lowest BCUT2D eigenvalue weighted by atomic mass is 10.0. The van der Waals surface area contributed by atoms with Crippen molar-refractivity contribution in [3.63, 3.8) is 0 Å². The van der Waals surface area contributed by atoms with Gasteiger partial charge in [-0.1, -0.05) is 0 Å². The Balaban J connectivity index is 1.61. The molecule has 0 fully saturated rings. The number of nitrogens with two attached hydrogens (primary N) is 1. The van der Waals surface area contributed by atoms with Gasteiger partial charge in [0.15, 0.2) is 0 Å². The van der Waals surface area contributed by atoms with Gasteiger partial charge in [0.25, 0.3) is 5.91 Å². The third-order valence-electron chi connectivity index (χ3n) is 5.16. The number of halogens is 4. The predicted octanol–water partition coefficient (Wildman–Crippen LogP) is 3.22. The normalized spacial score (nSPS) is 17.5. The minimum atomic E-state index is -4.85. The number of ether oxygens (including phenoxy) is 1. The summed E-state index contributed by atoms with van der Waals surface area (Å²) in [6.45, 7) is -3.67. The van der Waals surface area contributed by atoms with Crippen LogP contribution in [-0.4, -0.2) is 43.7 Å². The lowest BCUT2D eigenvalue weighted by molar-refractivity contribution is -0.137. The number of benzene rings is 1. The summed E-state index contributed by atoms with van der Waals surface area (Å²) < 4.78 is 84.4. The van der Waals surface area contributed by atoms with E-state index < -0.39 is 54.4 Å². The minimum Gasteiger partial charge on any atom is -0.491 e. The molecule has 2 N–H and O–H groups in total. The number of hydrogen-bond donors (Lipinski definition) is 1. The molecule has 1 aliphatic heterocycles. The molecule has 1 aliphatic rings. The standard InChI is InChI=1S/C20H14F4N6O2/c1-29(15-7-32-16-3-9(20(22,23)24)2-10(21)17(15)16)19(31)11-4-13-12(5-27-11)28-18(25)14-6-26-8-30(13)14/h2-6,8,15H,7H2,1H3,(H2,25,28)/t15-/m0/s1/i1D3. The Morgan fingerprint density at radius 1 is 1.31 bits per heavy atom. The lowest BCUT2D eigenvalue weighted by Crippen LogP contribution is -2.33. The second-order valence-corrected chi connectivity index (χ2v) is 7.07. The third kappa shape index (κ3) is 2.98. The number of alkyl halides is 3. The van der Waals surface area contributed by atoms with Crippen LogP contribution in [-0.2, 0) is 6.18 Å². The molecule has 1 aromatic carbocycles. The van der Waals surface area contributed by atoms with Gasteiger partial charge in [-0.2, -0.15) is 13.2 Å². The average molecular weight is 449 g/mol. The fourth-order valence-corrected chi connectivity index (χ4v) is 3.62. The molecule has 0 unspecified atom stereocenters. The van der Waals surface area contributed by atoms with E-state index in [1.807, 2.05) is 0 Å². The van der Waals surface area contributed by atoms with Crippen LogP contribution >= 0.6 is 0 Å². The van der Waals surface area contributed by atoms with Gasteiger partial charge >= 0.3 is 6.18 Å². The van der Waals surface area contributed by atoms with E-state index in [0.29, 0.717) is 27.5 Å². The van der Waals surface area contributed by atoms with Crippen molar-refractivity contribution in [2.24, 2.45) is 0 Å². The molecule has 0 bridgehead atoms. The Morgan fingerprint density at radius 3 is 2.88 bits per heavy atom. The first-order valence-electron chi connectivity index (χ1n) is 10.6. The van der Waals surface area contributed by atoms with E-state index in [2.05, 4.69) is 15.0 Å². The molecule has 0 radical (unpaired) electrons. The van der Waals surface area contributed by atoms with E-state index in [-0.39, 0.29) is 17.6 Å². The number of likely N-dealkylation sites (N-methyl/N-ethyl adjacent to an activating group) is 1. The zero-order valence-electron chi connectivity index (χ0n) is 18.9. The summed E-state index contributed by atoms with van der Waals surface area (Å²) in [6, 6.07) is 0.559. The molecule has 3 aromatic heterocycles. The maximum Gasteiger partial charge on any atom is 0.416 e. The molecule has 0 saturated carbocycles. The molecule has 5 rings (SSSR count). The first kappa shape index (κ1) is 16.7. The fraction of sp³-hybridized carbons (Fsp3) is 0.200. The summed E-state index contributed by atoms with van der Waals surface area (Å²) >= 11 is 0. The van der Waals surface area contributed by atoms with Crippen molar-refractivity contribution in [2.75, 3.05) is 19.3 Å². The number of aromatic nitrogens is 4. The van der Waals surface area contributed by atoms with Crippen LogP contribution in [0, 0.1) is 5.82 Å². The third-order valence-corrected chi connectivity index (χ3v) is 5.16. The summed E-state index contributed by atoms with van der Waals surface area (Å²) in [7, 11) is 0. The van der Waals surface area contributed by atoms with Crippen LogP contribution in [0.3, 0.4) is 0 Å². The smallest absolute Gasteiger partial charge is 0.416 e.